The van der Waals surface area contributed by atoms with Gasteiger partial charge in [-0.1, -0.05) is 36.4 Å². The van der Waals surface area contributed by atoms with Crippen LogP contribution in [0.3, 0.4) is 0 Å². The van der Waals surface area contributed by atoms with Gasteiger partial charge in [0.15, 0.2) is 0 Å². The largest absolute Gasteiger partial charge is 0.479 e. The van der Waals surface area contributed by atoms with Crippen LogP contribution in [0.4, 0.5) is 0 Å². The Bertz CT molecular complexity index is 1030. The second kappa shape index (κ2) is 8.00. The maximum absolute atomic E-state index is 13.5. The lowest BCUT2D eigenvalue weighted by molar-refractivity contribution is -0.862. The van der Waals surface area contributed by atoms with Gasteiger partial charge in [0.05, 0.1) is 6.54 Å². The second-order valence-corrected chi connectivity index (χ2v) is 8.11. The van der Waals surface area contributed by atoms with E-state index >= 15 is 0 Å². The Balaban J connectivity index is 1.58. The molecule has 2 heterocycles. The van der Waals surface area contributed by atoms with Crippen LogP contribution in [0.5, 0.6) is 11.5 Å². The molecule has 5 nitrogen and oxygen atoms in total. The van der Waals surface area contributed by atoms with Crippen molar-refractivity contribution in [3.63, 3.8) is 0 Å². The monoisotopic (exact) mass is 404 g/mol. The van der Waals surface area contributed by atoms with E-state index in [0.29, 0.717) is 24.1 Å². The Labute approximate surface area is 176 Å². The molecule has 1 unspecified atom stereocenters. The number of hydrogen-bond donors (Lipinski definition) is 0. The molecule has 0 saturated carbocycles. The second-order valence-electron chi connectivity index (χ2n) is 8.11. The number of fused-ring (bicyclic) bond motifs is 3. The molecule has 0 bridgehead atoms. The first-order valence-corrected chi connectivity index (χ1v) is 10.6. The Morgan fingerprint density at radius 1 is 0.767 bits per heavy atom. The number of rotatable bonds is 0. The van der Waals surface area contributed by atoms with Crippen molar-refractivity contribution in [2.45, 2.75) is 25.8 Å². The Hall–Kier alpha value is -3.05. The van der Waals surface area contributed by atoms with E-state index in [9.17, 15) is 4.79 Å². The molecule has 0 aromatic heterocycles. The number of benzene rings is 2. The van der Waals surface area contributed by atoms with Crippen LogP contribution in [-0.4, -0.2) is 36.9 Å². The van der Waals surface area contributed by atoms with Gasteiger partial charge < -0.3 is 14.2 Å². The van der Waals surface area contributed by atoms with Gasteiger partial charge in [-0.15, -0.1) is 0 Å². The van der Waals surface area contributed by atoms with Crippen LogP contribution >= 0.6 is 0 Å². The minimum absolute atomic E-state index is 0.0857. The van der Waals surface area contributed by atoms with Crippen molar-refractivity contribution in [3.05, 3.63) is 83.1 Å². The molecule has 2 aliphatic heterocycles. The highest BCUT2D eigenvalue weighted by Gasteiger charge is 2.41. The fourth-order valence-corrected chi connectivity index (χ4v) is 4.56. The number of amides is 1. The zero-order valence-corrected chi connectivity index (χ0v) is 17.0. The highest BCUT2D eigenvalue weighted by Crippen LogP contribution is 2.33. The molecule has 5 rings (SSSR count). The van der Waals surface area contributed by atoms with E-state index < -0.39 is 0 Å². The fraction of sp³-hybridized carbons (Fsp3) is 0.320. The number of hydrogen-bond acceptors (Lipinski definition) is 4. The molecule has 30 heavy (non-hydrogen) atoms. The van der Waals surface area contributed by atoms with Crippen molar-refractivity contribution in [2.75, 3.05) is 26.5 Å². The first-order chi connectivity index (χ1) is 14.7. The van der Waals surface area contributed by atoms with Crippen molar-refractivity contribution < 1.29 is 23.5 Å². The lowest BCUT2D eigenvalue weighted by atomic mass is 10.0. The number of carbonyl (C=O) groups excluding carboxylic acids is 1. The predicted octanol–water partition coefficient (Wildman–Crippen LogP) is 4.14. The summed E-state index contributed by atoms with van der Waals surface area (Å²) in [5, 5.41) is 0. The van der Waals surface area contributed by atoms with Gasteiger partial charge in [0.2, 0.25) is 13.4 Å². The summed E-state index contributed by atoms with van der Waals surface area (Å²) in [6.07, 6.45) is 6.98. The topological polar surface area (TPSA) is 44.8 Å². The molecule has 154 valence electrons. The van der Waals surface area contributed by atoms with Crippen LogP contribution in [0.15, 0.2) is 72.0 Å². The lowest BCUT2D eigenvalue weighted by Crippen LogP contribution is -2.55. The molecule has 3 aliphatic rings. The maximum Gasteiger partial charge on any atom is 0.351 e. The van der Waals surface area contributed by atoms with Gasteiger partial charge in [-0.25, -0.2) is 9.28 Å². The van der Waals surface area contributed by atoms with Crippen LogP contribution in [-0.2, 0) is 22.5 Å². The molecule has 1 atom stereocenters. The molecule has 1 spiro atoms. The van der Waals surface area contributed by atoms with E-state index in [2.05, 4.69) is 24.3 Å². The van der Waals surface area contributed by atoms with Crippen LogP contribution in [0.2, 0.25) is 0 Å². The normalized spacial score (nSPS) is 23.7. The molecule has 0 N–H and O–H groups in total. The van der Waals surface area contributed by atoms with Crippen LogP contribution in [0.1, 0.15) is 24.0 Å². The summed E-state index contributed by atoms with van der Waals surface area (Å²) in [6, 6.07) is 16.0. The zero-order chi connectivity index (χ0) is 20.4. The number of para-hydroxylation sites is 2. The first kappa shape index (κ1) is 18.9. The summed E-state index contributed by atoms with van der Waals surface area (Å²) in [5.41, 5.74) is 3.26. The van der Waals surface area contributed by atoms with E-state index in [0.717, 1.165) is 53.2 Å². The number of carbonyl (C=O) groups is 1. The maximum atomic E-state index is 13.5. The van der Waals surface area contributed by atoms with Crippen LogP contribution in [0.25, 0.3) is 0 Å². The molecule has 1 aliphatic carbocycles. The van der Waals surface area contributed by atoms with Crippen molar-refractivity contribution in [1.82, 2.24) is 0 Å². The third-order valence-corrected chi connectivity index (χ3v) is 6.21. The Kier molecular flexibility index (Phi) is 5.05. The molecule has 5 heteroatoms. The summed E-state index contributed by atoms with van der Waals surface area (Å²) in [5.74, 6) is 2.57. The average Bonchev–Trinajstić information content (AvgIpc) is 2.92. The molecule has 2 aromatic rings. The van der Waals surface area contributed by atoms with Crippen LogP contribution in [0, 0.1) is 0 Å². The highest BCUT2D eigenvalue weighted by molar-refractivity contribution is 5.72. The molecular weight excluding hydrogens is 378 g/mol. The molecule has 1 amide bonds. The van der Waals surface area contributed by atoms with Gasteiger partial charge in [0.1, 0.15) is 30.3 Å². The summed E-state index contributed by atoms with van der Waals surface area (Å²) >= 11 is 0. The minimum atomic E-state index is 0.0857. The van der Waals surface area contributed by atoms with Gasteiger partial charge in [0.25, 0.3) is 0 Å². The Morgan fingerprint density at radius 3 is 2.37 bits per heavy atom. The highest BCUT2D eigenvalue weighted by atomic mass is 16.7. The number of ether oxygens (including phenoxy) is 3. The van der Waals surface area contributed by atoms with E-state index in [-0.39, 0.29) is 19.3 Å². The van der Waals surface area contributed by atoms with E-state index in [4.69, 9.17) is 14.2 Å². The van der Waals surface area contributed by atoms with Gasteiger partial charge in [-0.2, -0.15) is 0 Å². The molecule has 0 fully saturated rings. The fourth-order valence-electron chi connectivity index (χ4n) is 4.56. The quantitative estimate of drug-likeness (QED) is 0.619. The number of quaternary nitrogens is 1. The lowest BCUT2D eigenvalue weighted by Gasteiger charge is -2.36. The van der Waals surface area contributed by atoms with Gasteiger partial charge >= 0.3 is 5.91 Å². The standard InChI is InChI=1S/C25H26NO4/c27-25-17-28-23-11-5-2-8-20(23)15-26(25)14-13-19-7-1-4-10-22(19)29-18-30-24-12-6-3-9-21(24)16-26/h1-2,4-5,7-12H,3,6,13-18H2/q+1. The minimum Gasteiger partial charge on any atom is -0.479 e. The third-order valence-electron chi connectivity index (χ3n) is 6.21. The van der Waals surface area contributed by atoms with Crippen molar-refractivity contribution in [3.8, 4) is 11.5 Å². The average molecular weight is 404 g/mol. The summed E-state index contributed by atoms with van der Waals surface area (Å²) in [6.45, 7) is 2.15. The number of nitrogens with zero attached hydrogens (tertiary/aromatic N) is 1. The van der Waals surface area contributed by atoms with Crippen molar-refractivity contribution >= 4 is 5.91 Å². The van der Waals surface area contributed by atoms with Crippen molar-refractivity contribution in [2.24, 2.45) is 0 Å². The third kappa shape index (κ3) is 3.61. The first-order valence-electron chi connectivity index (χ1n) is 10.6. The Morgan fingerprint density at radius 2 is 1.50 bits per heavy atom. The van der Waals surface area contributed by atoms with Crippen molar-refractivity contribution in [1.29, 1.82) is 0 Å². The van der Waals surface area contributed by atoms with Gasteiger partial charge in [-0.3, -0.25) is 0 Å². The smallest absolute Gasteiger partial charge is 0.351 e. The van der Waals surface area contributed by atoms with Crippen LogP contribution < -0.4 is 9.47 Å². The molecular formula is C25H26NO4+. The molecule has 2 aromatic carbocycles. The van der Waals surface area contributed by atoms with E-state index in [1.54, 1.807) is 0 Å². The summed E-state index contributed by atoms with van der Waals surface area (Å²) in [4.78, 5) is 13.5. The van der Waals surface area contributed by atoms with E-state index in [1.165, 1.54) is 0 Å². The SMILES string of the molecule is O=C1COc2ccccc2C[N+]12CCc1ccccc1OCOC1=CCCC=C1C2. The number of allylic oxidation sites excluding steroid dienone is 2. The van der Waals surface area contributed by atoms with Gasteiger partial charge in [0, 0.05) is 17.6 Å². The van der Waals surface area contributed by atoms with E-state index in [1.807, 2.05) is 36.4 Å². The zero-order valence-electron chi connectivity index (χ0n) is 17.0. The van der Waals surface area contributed by atoms with Gasteiger partial charge in [-0.05, 0) is 42.7 Å². The predicted molar refractivity (Wildman–Crippen MR) is 113 cm³/mol. The molecule has 0 saturated heterocycles. The summed E-state index contributed by atoms with van der Waals surface area (Å²) in [7, 11) is 0. The molecule has 0 radical (unpaired) electrons. The summed E-state index contributed by atoms with van der Waals surface area (Å²) < 4.78 is 18.2.